The molecule has 0 spiro atoms. The first kappa shape index (κ1) is 20.4. The molecule has 6 nitrogen and oxygen atoms in total. The van der Waals surface area contributed by atoms with E-state index >= 15 is 0 Å². The minimum atomic E-state index is -0.117. The van der Waals surface area contributed by atoms with E-state index in [2.05, 4.69) is 5.32 Å². The Morgan fingerprint density at radius 1 is 1.00 bits per heavy atom. The second-order valence-corrected chi connectivity index (χ2v) is 5.13. The van der Waals surface area contributed by atoms with Gasteiger partial charge in [0, 0.05) is 12.5 Å². The maximum absolute atomic E-state index is 12.0. The number of anilines is 2. The van der Waals surface area contributed by atoms with Crippen LogP contribution in [0.2, 0.25) is 0 Å². The molecule has 3 N–H and O–H groups in total. The van der Waals surface area contributed by atoms with Crippen LogP contribution in [0.1, 0.15) is 12.8 Å². The van der Waals surface area contributed by atoms with Gasteiger partial charge < -0.3 is 25.3 Å². The lowest BCUT2D eigenvalue weighted by molar-refractivity contribution is -0.116. The van der Waals surface area contributed by atoms with E-state index in [-0.39, 0.29) is 18.3 Å². The molecule has 136 valence electrons. The monoisotopic (exact) mass is 366 g/mol. The molecule has 0 aliphatic carbocycles. The topological polar surface area (TPSA) is 82.8 Å². The van der Waals surface area contributed by atoms with E-state index in [4.69, 9.17) is 19.9 Å². The largest absolute Gasteiger partial charge is 0.497 e. The number of hydrogen-bond acceptors (Lipinski definition) is 5. The van der Waals surface area contributed by atoms with Gasteiger partial charge in [0.1, 0.15) is 17.2 Å². The molecule has 0 bridgehead atoms. The smallest absolute Gasteiger partial charge is 0.224 e. The SMILES string of the molecule is COc1ccc(OCCCC(=O)Nc2cc(OC)ccc2N)cc1.Cl. The fourth-order valence-corrected chi connectivity index (χ4v) is 2.08. The zero-order valence-corrected chi connectivity index (χ0v) is 15.1. The molecule has 0 unspecified atom stereocenters. The van der Waals surface area contributed by atoms with E-state index in [0.717, 1.165) is 11.5 Å². The van der Waals surface area contributed by atoms with Crippen LogP contribution in [0.4, 0.5) is 11.4 Å². The number of methoxy groups -OCH3 is 2. The molecule has 2 aromatic carbocycles. The van der Waals surface area contributed by atoms with Crippen LogP contribution in [-0.4, -0.2) is 26.7 Å². The Morgan fingerprint density at radius 2 is 1.60 bits per heavy atom. The van der Waals surface area contributed by atoms with Gasteiger partial charge in [0.2, 0.25) is 5.91 Å². The van der Waals surface area contributed by atoms with Crippen LogP contribution < -0.4 is 25.3 Å². The summed E-state index contributed by atoms with van der Waals surface area (Å²) in [5, 5.41) is 2.78. The Labute approximate surface area is 153 Å². The van der Waals surface area contributed by atoms with Gasteiger partial charge in [0.15, 0.2) is 0 Å². The van der Waals surface area contributed by atoms with Crippen molar-refractivity contribution in [2.45, 2.75) is 12.8 Å². The minimum Gasteiger partial charge on any atom is -0.497 e. The summed E-state index contributed by atoms with van der Waals surface area (Å²) >= 11 is 0. The molecule has 2 rings (SSSR count). The summed E-state index contributed by atoms with van der Waals surface area (Å²) in [7, 11) is 3.18. The molecule has 0 saturated carbocycles. The number of nitrogens with one attached hydrogen (secondary N) is 1. The predicted molar refractivity (Wildman–Crippen MR) is 101 cm³/mol. The van der Waals surface area contributed by atoms with E-state index in [1.54, 1.807) is 32.4 Å². The number of carbonyl (C=O) groups excluding carboxylic acids is 1. The molecule has 0 aromatic heterocycles. The van der Waals surface area contributed by atoms with E-state index in [0.29, 0.717) is 36.6 Å². The van der Waals surface area contributed by atoms with Gasteiger partial charge in [0.05, 0.1) is 32.2 Å². The molecular formula is C18H23ClN2O4. The van der Waals surface area contributed by atoms with Gasteiger partial charge in [-0.15, -0.1) is 12.4 Å². The van der Waals surface area contributed by atoms with Crippen molar-refractivity contribution in [2.24, 2.45) is 0 Å². The van der Waals surface area contributed by atoms with Crippen LogP contribution in [0.5, 0.6) is 17.2 Å². The second-order valence-electron chi connectivity index (χ2n) is 5.13. The Kier molecular flexibility index (Phi) is 8.43. The molecule has 0 aliphatic heterocycles. The number of ether oxygens (including phenoxy) is 3. The van der Waals surface area contributed by atoms with Gasteiger partial charge in [-0.25, -0.2) is 0 Å². The van der Waals surface area contributed by atoms with Crippen LogP contribution in [0.15, 0.2) is 42.5 Å². The maximum Gasteiger partial charge on any atom is 0.224 e. The van der Waals surface area contributed by atoms with Crippen LogP contribution in [0.3, 0.4) is 0 Å². The molecule has 2 aromatic rings. The quantitative estimate of drug-likeness (QED) is 0.551. The molecule has 0 radical (unpaired) electrons. The van der Waals surface area contributed by atoms with E-state index in [1.807, 2.05) is 24.3 Å². The standard InChI is InChI=1S/C18H22N2O4.ClH/c1-22-13-5-7-14(8-6-13)24-11-3-4-18(21)20-17-12-15(23-2)9-10-16(17)19;/h5-10,12H,3-4,11,19H2,1-2H3,(H,20,21);1H. The van der Waals surface area contributed by atoms with Crippen molar-refractivity contribution in [3.8, 4) is 17.2 Å². The highest BCUT2D eigenvalue weighted by Crippen LogP contribution is 2.24. The van der Waals surface area contributed by atoms with Crippen LogP contribution in [0, 0.1) is 0 Å². The summed E-state index contributed by atoms with van der Waals surface area (Å²) in [5.41, 5.74) is 6.89. The average Bonchev–Trinajstić information content (AvgIpc) is 2.61. The maximum atomic E-state index is 12.0. The number of carbonyl (C=O) groups is 1. The fraction of sp³-hybridized carbons (Fsp3) is 0.278. The summed E-state index contributed by atoms with van der Waals surface area (Å²) in [5.74, 6) is 2.04. The number of benzene rings is 2. The number of amides is 1. The molecule has 1 amide bonds. The highest BCUT2D eigenvalue weighted by Gasteiger charge is 2.07. The third-order valence-corrected chi connectivity index (χ3v) is 3.41. The lowest BCUT2D eigenvalue weighted by Crippen LogP contribution is -2.14. The summed E-state index contributed by atoms with van der Waals surface area (Å²) in [4.78, 5) is 12.0. The highest BCUT2D eigenvalue weighted by molar-refractivity contribution is 5.94. The van der Waals surface area contributed by atoms with Crippen molar-refractivity contribution >= 4 is 29.7 Å². The first-order valence-corrected chi connectivity index (χ1v) is 7.62. The Bertz CT molecular complexity index is 677. The predicted octanol–water partition coefficient (Wildman–Crippen LogP) is 3.51. The molecule has 0 aliphatic rings. The van der Waals surface area contributed by atoms with Crippen LogP contribution in [0.25, 0.3) is 0 Å². The summed E-state index contributed by atoms with van der Waals surface area (Å²) in [6.45, 7) is 0.452. The lowest BCUT2D eigenvalue weighted by atomic mass is 10.2. The number of nitrogen functional groups attached to an aromatic ring is 1. The first-order chi connectivity index (χ1) is 11.6. The molecular weight excluding hydrogens is 344 g/mol. The van der Waals surface area contributed by atoms with Crippen LogP contribution in [-0.2, 0) is 4.79 Å². The molecule has 0 fully saturated rings. The molecule has 0 saturated heterocycles. The lowest BCUT2D eigenvalue weighted by Gasteiger charge is -2.10. The minimum absolute atomic E-state index is 0. The number of nitrogens with two attached hydrogens (primary N) is 1. The molecule has 0 atom stereocenters. The summed E-state index contributed by atoms with van der Waals surface area (Å²) in [6, 6.07) is 12.4. The summed E-state index contributed by atoms with van der Waals surface area (Å²) < 4.78 is 15.8. The molecule has 25 heavy (non-hydrogen) atoms. The van der Waals surface area contributed by atoms with Gasteiger partial charge >= 0.3 is 0 Å². The average molecular weight is 367 g/mol. The second kappa shape index (κ2) is 10.3. The number of halogens is 1. The Balaban J connectivity index is 0.00000312. The van der Waals surface area contributed by atoms with Crippen molar-refractivity contribution in [3.05, 3.63) is 42.5 Å². The Morgan fingerprint density at radius 3 is 2.24 bits per heavy atom. The van der Waals surface area contributed by atoms with E-state index in [9.17, 15) is 4.79 Å². The number of hydrogen-bond donors (Lipinski definition) is 2. The van der Waals surface area contributed by atoms with Crippen molar-refractivity contribution in [3.63, 3.8) is 0 Å². The molecule has 0 heterocycles. The molecule has 7 heteroatoms. The van der Waals surface area contributed by atoms with Gasteiger partial charge in [-0.2, -0.15) is 0 Å². The number of rotatable bonds is 8. The summed E-state index contributed by atoms with van der Waals surface area (Å²) in [6.07, 6.45) is 0.939. The van der Waals surface area contributed by atoms with Crippen molar-refractivity contribution in [2.75, 3.05) is 31.9 Å². The third kappa shape index (κ3) is 6.43. The fourth-order valence-electron chi connectivity index (χ4n) is 2.08. The van der Waals surface area contributed by atoms with Gasteiger partial charge in [-0.05, 0) is 42.8 Å². The van der Waals surface area contributed by atoms with E-state index in [1.165, 1.54) is 0 Å². The third-order valence-electron chi connectivity index (χ3n) is 3.41. The highest BCUT2D eigenvalue weighted by atomic mass is 35.5. The van der Waals surface area contributed by atoms with Crippen molar-refractivity contribution in [1.29, 1.82) is 0 Å². The van der Waals surface area contributed by atoms with Crippen molar-refractivity contribution < 1.29 is 19.0 Å². The van der Waals surface area contributed by atoms with Gasteiger partial charge in [0.25, 0.3) is 0 Å². The van der Waals surface area contributed by atoms with Gasteiger partial charge in [-0.3, -0.25) is 4.79 Å². The zero-order chi connectivity index (χ0) is 17.4. The van der Waals surface area contributed by atoms with Crippen molar-refractivity contribution in [1.82, 2.24) is 0 Å². The van der Waals surface area contributed by atoms with Crippen LogP contribution >= 0.6 is 12.4 Å². The normalized spacial score (nSPS) is 9.68. The van der Waals surface area contributed by atoms with Gasteiger partial charge in [-0.1, -0.05) is 0 Å². The van der Waals surface area contributed by atoms with E-state index < -0.39 is 0 Å². The first-order valence-electron chi connectivity index (χ1n) is 7.62. The zero-order valence-electron chi connectivity index (χ0n) is 14.3. The Hall–Kier alpha value is -2.60.